The summed E-state index contributed by atoms with van der Waals surface area (Å²) in [6.45, 7) is 2.03. The van der Waals surface area contributed by atoms with Crippen LogP contribution >= 0.6 is 23.2 Å². The highest BCUT2D eigenvalue weighted by Crippen LogP contribution is 2.27. The van der Waals surface area contributed by atoms with Gasteiger partial charge >= 0.3 is 0 Å². The first-order valence-electron chi connectivity index (χ1n) is 11.3. The monoisotopic (exact) mass is 487 g/mol. The Kier molecular flexibility index (Phi) is 7.56. The first-order chi connectivity index (χ1) is 15.9. The molecule has 3 amide bonds. The lowest BCUT2D eigenvalue weighted by Crippen LogP contribution is -2.50. The van der Waals surface area contributed by atoms with Gasteiger partial charge in [0.1, 0.15) is 0 Å². The van der Waals surface area contributed by atoms with Crippen molar-refractivity contribution < 1.29 is 14.4 Å². The van der Waals surface area contributed by atoms with E-state index in [1.54, 1.807) is 28.0 Å². The molecule has 0 aromatic heterocycles. The molecule has 0 aliphatic carbocycles. The van der Waals surface area contributed by atoms with Gasteiger partial charge in [-0.25, -0.2) is 0 Å². The standard InChI is InChI=1S/C25H27Cl2N3O3/c26-21-11-10-17(14-22(21)27)24(32)30-13-5-7-19(16-30)25(33)29-12-4-6-18(15-29)23(31)28-20-8-2-1-3-9-20/h1-3,8-11,14,18-19H,4-7,12-13,15-16H2,(H,28,31). The molecule has 0 bridgehead atoms. The number of piperidine rings is 2. The third kappa shape index (κ3) is 5.68. The largest absolute Gasteiger partial charge is 0.342 e. The average molecular weight is 488 g/mol. The molecule has 0 saturated carbocycles. The smallest absolute Gasteiger partial charge is 0.253 e. The third-order valence-corrected chi connectivity index (χ3v) is 7.11. The van der Waals surface area contributed by atoms with E-state index in [2.05, 4.69) is 5.32 Å². The molecular formula is C25H27Cl2N3O3. The van der Waals surface area contributed by atoms with Gasteiger partial charge in [0.15, 0.2) is 0 Å². The van der Waals surface area contributed by atoms with Crippen molar-refractivity contribution in [1.82, 2.24) is 9.80 Å². The van der Waals surface area contributed by atoms with Crippen molar-refractivity contribution >= 4 is 46.6 Å². The maximum Gasteiger partial charge on any atom is 0.253 e. The van der Waals surface area contributed by atoms with Gasteiger partial charge in [-0.1, -0.05) is 41.4 Å². The summed E-state index contributed by atoms with van der Waals surface area (Å²) in [5, 5.41) is 3.68. The summed E-state index contributed by atoms with van der Waals surface area (Å²) < 4.78 is 0. The normalized spacial score (nSPS) is 20.9. The molecule has 2 heterocycles. The Labute approximate surface area is 203 Å². The minimum atomic E-state index is -0.263. The van der Waals surface area contributed by atoms with Crippen LogP contribution in [0.15, 0.2) is 48.5 Å². The number of carbonyl (C=O) groups is 3. The van der Waals surface area contributed by atoms with Crippen LogP contribution in [0.25, 0.3) is 0 Å². The Morgan fingerprint density at radius 3 is 2.21 bits per heavy atom. The minimum Gasteiger partial charge on any atom is -0.342 e. The van der Waals surface area contributed by atoms with Gasteiger partial charge in [0.25, 0.3) is 5.91 Å². The highest BCUT2D eigenvalue weighted by Gasteiger charge is 2.35. The molecule has 1 N–H and O–H groups in total. The average Bonchev–Trinajstić information content (AvgIpc) is 2.85. The summed E-state index contributed by atoms with van der Waals surface area (Å²) in [4.78, 5) is 42.5. The van der Waals surface area contributed by atoms with E-state index in [1.807, 2.05) is 30.3 Å². The van der Waals surface area contributed by atoms with E-state index in [0.717, 1.165) is 31.4 Å². The number of hydrogen-bond donors (Lipinski definition) is 1. The summed E-state index contributed by atoms with van der Waals surface area (Å²) in [7, 11) is 0. The molecular weight excluding hydrogens is 461 g/mol. The highest BCUT2D eigenvalue weighted by molar-refractivity contribution is 6.42. The van der Waals surface area contributed by atoms with Crippen LogP contribution in [0.1, 0.15) is 36.0 Å². The van der Waals surface area contributed by atoms with Crippen molar-refractivity contribution in [2.24, 2.45) is 11.8 Å². The van der Waals surface area contributed by atoms with Crippen molar-refractivity contribution in [3.8, 4) is 0 Å². The molecule has 2 unspecified atom stereocenters. The summed E-state index contributed by atoms with van der Waals surface area (Å²) >= 11 is 12.0. The molecule has 2 aromatic rings. The lowest BCUT2D eigenvalue weighted by molar-refractivity contribution is -0.139. The Hall–Kier alpha value is -2.57. The third-order valence-electron chi connectivity index (χ3n) is 6.37. The van der Waals surface area contributed by atoms with Gasteiger partial charge in [-0.3, -0.25) is 14.4 Å². The maximum absolute atomic E-state index is 13.3. The molecule has 2 aromatic carbocycles. The van der Waals surface area contributed by atoms with Crippen LogP contribution in [0.4, 0.5) is 5.69 Å². The number of benzene rings is 2. The second-order valence-corrected chi connectivity index (χ2v) is 9.51. The number of hydrogen-bond acceptors (Lipinski definition) is 3. The minimum absolute atomic E-state index is 0.0267. The first kappa shape index (κ1) is 23.6. The number of anilines is 1. The van der Waals surface area contributed by atoms with Gasteiger partial charge in [-0.2, -0.15) is 0 Å². The predicted octanol–water partition coefficient (Wildman–Crippen LogP) is 4.72. The van der Waals surface area contributed by atoms with E-state index in [1.165, 1.54) is 0 Å². The van der Waals surface area contributed by atoms with E-state index < -0.39 is 0 Å². The molecule has 2 saturated heterocycles. The fourth-order valence-corrected chi connectivity index (χ4v) is 4.89. The van der Waals surface area contributed by atoms with Gasteiger partial charge in [0, 0.05) is 37.4 Å². The fraction of sp³-hybridized carbons (Fsp3) is 0.400. The highest BCUT2D eigenvalue weighted by atomic mass is 35.5. The molecule has 2 atom stereocenters. The molecule has 174 valence electrons. The molecule has 4 rings (SSSR count). The number of carbonyl (C=O) groups excluding carboxylic acids is 3. The Balaban J connectivity index is 1.37. The SMILES string of the molecule is O=C(Nc1ccccc1)C1CCCN(C(=O)C2CCCN(C(=O)c3ccc(Cl)c(Cl)c3)C2)C1. The second-order valence-electron chi connectivity index (χ2n) is 8.70. The number of likely N-dealkylation sites (tertiary alicyclic amines) is 2. The van der Waals surface area contributed by atoms with Gasteiger partial charge in [-0.05, 0) is 56.0 Å². The molecule has 6 nitrogen and oxygen atoms in total. The lowest BCUT2D eigenvalue weighted by atomic mass is 9.92. The summed E-state index contributed by atoms with van der Waals surface area (Å²) in [6, 6.07) is 14.2. The molecule has 0 radical (unpaired) electrons. The Bertz CT molecular complexity index is 1030. The number of para-hydroxylation sites is 1. The molecule has 2 aliphatic heterocycles. The van der Waals surface area contributed by atoms with Crippen LogP contribution in [0.5, 0.6) is 0 Å². The molecule has 2 aliphatic rings. The van der Waals surface area contributed by atoms with E-state index in [9.17, 15) is 14.4 Å². The van der Waals surface area contributed by atoms with Crippen LogP contribution in [0.2, 0.25) is 10.0 Å². The number of rotatable bonds is 4. The predicted molar refractivity (Wildman–Crippen MR) is 129 cm³/mol. The van der Waals surface area contributed by atoms with Crippen LogP contribution in [-0.4, -0.2) is 53.7 Å². The quantitative estimate of drug-likeness (QED) is 0.677. The Morgan fingerprint density at radius 1 is 0.818 bits per heavy atom. The number of halogens is 2. The summed E-state index contributed by atoms with van der Waals surface area (Å²) in [5.41, 5.74) is 1.22. The molecule has 0 spiro atoms. The van der Waals surface area contributed by atoms with Crippen molar-refractivity contribution in [2.75, 3.05) is 31.5 Å². The molecule has 8 heteroatoms. The van der Waals surface area contributed by atoms with Crippen molar-refractivity contribution in [2.45, 2.75) is 25.7 Å². The summed E-state index contributed by atoms with van der Waals surface area (Å²) in [6.07, 6.45) is 3.04. The van der Waals surface area contributed by atoms with E-state index >= 15 is 0 Å². The van der Waals surface area contributed by atoms with Crippen LogP contribution in [-0.2, 0) is 9.59 Å². The second kappa shape index (κ2) is 10.6. The zero-order chi connectivity index (χ0) is 23.4. The van der Waals surface area contributed by atoms with Crippen LogP contribution in [0, 0.1) is 11.8 Å². The number of nitrogens with one attached hydrogen (secondary N) is 1. The van der Waals surface area contributed by atoms with Crippen LogP contribution < -0.4 is 5.32 Å². The van der Waals surface area contributed by atoms with Crippen molar-refractivity contribution in [3.63, 3.8) is 0 Å². The van der Waals surface area contributed by atoms with Gasteiger partial charge in [-0.15, -0.1) is 0 Å². The zero-order valence-corrected chi connectivity index (χ0v) is 19.8. The van der Waals surface area contributed by atoms with Crippen LogP contribution in [0.3, 0.4) is 0 Å². The van der Waals surface area contributed by atoms with E-state index in [0.29, 0.717) is 41.8 Å². The molecule has 2 fully saturated rings. The first-order valence-corrected chi connectivity index (χ1v) is 12.1. The van der Waals surface area contributed by atoms with Crippen molar-refractivity contribution in [1.29, 1.82) is 0 Å². The number of amides is 3. The fourth-order valence-electron chi connectivity index (χ4n) is 4.59. The van der Waals surface area contributed by atoms with Gasteiger partial charge in [0.2, 0.25) is 11.8 Å². The van der Waals surface area contributed by atoms with Gasteiger partial charge < -0.3 is 15.1 Å². The summed E-state index contributed by atoms with van der Waals surface area (Å²) in [5.74, 6) is -0.677. The zero-order valence-electron chi connectivity index (χ0n) is 18.3. The van der Waals surface area contributed by atoms with E-state index in [-0.39, 0.29) is 29.6 Å². The topological polar surface area (TPSA) is 69.7 Å². The van der Waals surface area contributed by atoms with Crippen molar-refractivity contribution in [3.05, 3.63) is 64.1 Å². The molecule has 33 heavy (non-hydrogen) atoms. The number of nitrogens with zero attached hydrogens (tertiary/aromatic N) is 2. The Morgan fingerprint density at radius 2 is 1.48 bits per heavy atom. The lowest BCUT2D eigenvalue weighted by Gasteiger charge is -2.38. The van der Waals surface area contributed by atoms with E-state index in [4.69, 9.17) is 23.2 Å². The van der Waals surface area contributed by atoms with Gasteiger partial charge in [0.05, 0.1) is 21.9 Å². The maximum atomic E-state index is 13.3.